The first kappa shape index (κ1) is 18.7. The Kier molecular flexibility index (Phi) is 4.99. The van der Waals surface area contributed by atoms with E-state index in [1.54, 1.807) is 20.1 Å². The van der Waals surface area contributed by atoms with E-state index in [2.05, 4.69) is 10.1 Å². The third-order valence-corrected chi connectivity index (χ3v) is 4.67. The molecule has 0 amide bonds. The highest BCUT2D eigenvalue weighted by Crippen LogP contribution is 2.29. The molecular formula is C23H20N2O4. The summed E-state index contributed by atoms with van der Waals surface area (Å²) in [6.07, 6.45) is 0. The number of carbonyl (C=O) groups is 1. The van der Waals surface area contributed by atoms with Gasteiger partial charge in [-0.1, -0.05) is 28.9 Å². The number of hydrogen-bond acceptors (Lipinski definition) is 6. The second-order valence-electron chi connectivity index (χ2n) is 6.77. The lowest BCUT2D eigenvalue weighted by Crippen LogP contribution is -2.08. The highest BCUT2D eigenvalue weighted by atomic mass is 16.5. The third kappa shape index (κ3) is 3.82. The predicted octanol–water partition coefficient (Wildman–Crippen LogP) is 4.87. The van der Waals surface area contributed by atoms with Crippen LogP contribution in [0.5, 0.6) is 5.75 Å². The Morgan fingerprint density at radius 2 is 1.90 bits per heavy atom. The van der Waals surface area contributed by atoms with Crippen molar-refractivity contribution >= 4 is 16.9 Å². The van der Waals surface area contributed by atoms with Gasteiger partial charge in [-0.05, 0) is 44.2 Å². The lowest BCUT2D eigenvalue weighted by atomic mass is 10.1. The van der Waals surface area contributed by atoms with Crippen LogP contribution in [0.2, 0.25) is 0 Å². The number of benzene rings is 2. The summed E-state index contributed by atoms with van der Waals surface area (Å²) >= 11 is 0. The van der Waals surface area contributed by atoms with E-state index >= 15 is 0 Å². The maximum atomic E-state index is 12.6. The molecule has 0 aliphatic rings. The molecule has 0 saturated carbocycles. The van der Waals surface area contributed by atoms with E-state index in [4.69, 9.17) is 14.0 Å². The first-order chi connectivity index (χ1) is 14.0. The molecule has 0 atom stereocenters. The van der Waals surface area contributed by atoms with Crippen LogP contribution in [-0.2, 0) is 11.3 Å². The second kappa shape index (κ2) is 7.75. The molecule has 29 heavy (non-hydrogen) atoms. The van der Waals surface area contributed by atoms with E-state index < -0.39 is 5.97 Å². The van der Waals surface area contributed by atoms with Crippen molar-refractivity contribution in [1.82, 2.24) is 10.1 Å². The number of rotatable bonds is 5. The molecule has 0 unspecified atom stereocenters. The maximum Gasteiger partial charge on any atom is 0.340 e. The van der Waals surface area contributed by atoms with Crippen molar-refractivity contribution in [3.05, 3.63) is 77.2 Å². The minimum absolute atomic E-state index is 0.0216. The fraction of sp³-hybridized carbons (Fsp3) is 0.174. The van der Waals surface area contributed by atoms with Crippen LogP contribution in [0.3, 0.4) is 0 Å². The van der Waals surface area contributed by atoms with Gasteiger partial charge >= 0.3 is 5.97 Å². The number of carbonyl (C=O) groups excluding carboxylic acids is 1. The molecule has 2 aromatic carbocycles. The molecule has 0 spiro atoms. The average molecular weight is 388 g/mol. The predicted molar refractivity (Wildman–Crippen MR) is 109 cm³/mol. The minimum atomic E-state index is -0.450. The summed E-state index contributed by atoms with van der Waals surface area (Å²) in [5, 5.41) is 4.96. The van der Waals surface area contributed by atoms with Gasteiger partial charge in [0.1, 0.15) is 11.4 Å². The number of aromatic nitrogens is 2. The molecule has 6 nitrogen and oxygen atoms in total. The number of nitrogens with zero attached hydrogens (tertiary/aromatic N) is 2. The normalized spacial score (nSPS) is 10.9. The van der Waals surface area contributed by atoms with Crippen molar-refractivity contribution < 1.29 is 18.8 Å². The number of aryl methyl sites for hydroxylation is 2. The quantitative estimate of drug-likeness (QED) is 0.454. The third-order valence-electron chi connectivity index (χ3n) is 4.67. The van der Waals surface area contributed by atoms with Crippen LogP contribution in [0.15, 0.2) is 59.1 Å². The van der Waals surface area contributed by atoms with Crippen LogP contribution >= 0.6 is 0 Å². The molecule has 4 aromatic rings. The Morgan fingerprint density at radius 3 is 2.72 bits per heavy atom. The SMILES string of the molecule is COc1ccccc1-c1cc(COC(=O)c2cc3cc(C)ccc3nc2C)on1. The van der Waals surface area contributed by atoms with Crippen molar-refractivity contribution in [1.29, 1.82) is 0 Å². The van der Waals surface area contributed by atoms with Crippen LogP contribution in [0, 0.1) is 13.8 Å². The number of methoxy groups -OCH3 is 1. The molecule has 0 aliphatic carbocycles. The molecule has 0 aliphatic heterocycles. The number of pyridine rings is 1. The van der Waals surface area contributed by atoms with Crippen LogP contribution in [0.4, 0.5) is 0 Å². The summed E-state index contributed by atoms with van der Waals surface area (Å²) in [4.78, 5) is 17.1. The second-order valence-corrected chi connectivity index (χ2v) is 6.77. The lowest BCUT2D eigenvalue weighted by molar-refractivity contribution is 0.0436. The number of esters is 1. The van der Waals surface area contributed by atoms with Crippen LogP contribution in [0.25, 0.3) is 22.2 Å². The molecule has 4 rings (SSSR count). The molecule has 0 fully saturated rings. The molecular weight excluding hydrogens is 368 g/mol. The monoisotopic (exact) mass is 388 g/mol. The van der Waals surface area contributed by atoms with Crippen molar-refractivity contribution in [2.24, 2.45) is 0 Å². The van der Waals surface area contributed by atoms with E-state index in [9.17, 15) is 4.79 Å². The summed E-state index contributed by atoms with van der Waals surface area (Å²) < 4.78 is 16.1. The van der Waals surface area contributed by atoms with Gasteiger partial charge in [-0.2, -0.15) is 0 Å². The van der Waals surface area contributed by atoms with Gasteiger partial charge in [-0.3, -0.25) is 4.98 Å². The Labute approximate surface area is 168 Å². The lowest BCUT2D eigenvalue weighted by Gasteiger charge is -2.07. The number of hydrogen-bond donors (Lipinski definition) is 0. The highest BCUT2D eigenvalue weighted by molar-refractivity contribution is 5.95. The Morgan fingerprint density at radius 1 is 1.07 bits per heavy atom. The van der Waals surface area contributed by atoms with Gasteiger partial charge in [0.05, 0.1) is 23.9 Å². The first-order valence-corrected chi connectivity index (χ1v) is 9.19. The molecule has 0 saturated heterocycles. The molecule has 2 aromatic heterocycles. The topological polar surface area (TPSA) is 74.5 Å². The number of para-hydroxylation sites is 1. The van der Waals surface area contributed by atoms with Gasteiger partial charge < -0.3 is 14.0 Å². The standard InChI is InChI=1S/C23H20N2O4/c1-14-8-9-20-16(10-14)11-19(15(2)24-20)23(26)28-13-17-12-21(25-29-17)18-6-4-5-7-22(18)27-3/h4-12H,13H2,1-3H3. The Bertz CT molecular complexity index is 1200. The molecule has 0 N–H and O–H groups in total. The van der Waals surface area contributed by atoms with Crippen LogP contribution < -0.4 is 4.74 Å². The summed E-state index contributed by atoms with van der Waals surface area (Å²) in [5.74, 6) is 0.688. The molecule has 146 valence electrons. The smallest absolute Gasteiger partial charge is 0.340 e. The first-order valence-electron chi connectivity index (χ1n) is 9.19. The molecule has 0 bridgehead atoms. The summed E-state index contributed by atoms with van der Waals surface area (Å²) in [6.45, 7) is 3.77. The Balaban J connectivity index is 1.51. The van der Waals surface area contributed by atoms with E-state index in [-0.39, 0.29) is 6.61 Å². The van der Waals surface area contributed by atoms with Crippen LogP contribution in [-0.4, -0.2) is 23.2 Å². The van der Waals surface area contributed by atoms with Gasteiger partial charge in [-0.25, -0.2) is 4.79 Å². The zero-order valence-corrected chi connectivity index (χ0v) is 16.4. The number of fused-ring (bicyclic) bond motifs is 1. The summed E-state index contributed by atoms with van der Waals surface area (Å²) in [6, 6.07) is 17.0. The summed E-state index contributed by atoms with van der Waals surface area (Å²) in [5.41, 5.74) is 4.44. The maximum absolute atomic E-state index is 12.6. The Hall–Kier alpha value is -3.67. The van der Waals surface area contributed by atoms with Gasteiger partial charge in [0.25, 0.3) is 0 Å². The highest BCUT2D eigenvalue weighted by Gasteiger charge is 2.16. The molecule has 2 heterocycles. The number of ether oxygens (including phenoxy) is 2. The zero-order chi connectivity index (χ0) is 20.4. The average Bonchev–Trinajstić information content (AvgIpc) is 3.20. The fourth-order valence-electron chi connectivity index (χ4n) is 3.18. The zero-order valence-electron chi connectivity index (χ0n) is 16.4. The van der Waals surface area contributed by atoms with Crippen molar-refractivity contribution in [3.8, 4) is 17.0 Å². The van der Waals surface area contributed by atoms with Gasteiger partial charge in [-0.15, -0.1) is 0 Å². The van der Waals surface area contributed by atoms with Gasteiger partial charge in [0.2, 0.25) is 0 Å². The minimum Gasteiger partial charge on any atom is -0.496 e. The van der Waals surface area contributed by atoms with E-state index in [0.717, 1.165) is 22.0 Å². The van der Waals surface area contributed by atoms with Crippen molar-refractivity contribution in [2.75, 3.05) is 7.11 Å². The van der Waals surface area contributed by atoms with Crippen LogP contribution in [0.1, 0.15) is 27.4 Å². The molecule has 6 heteroatoms. The van der Waals surface area contributed by atoms with E-state index in [1.807, 2.05) is 55.5 Å². The van der Waals surface area contributed by atoms with E-state index in [1.165, 1.54) is 0 Å². The summed E-state index contributed by atoms with van der Waals surface area (Å²) in [7, 11) is 1.60. The van der Waals surface area contributed by atoms with Crippen molar-refractivity contribution in [2.45, 2.75) is 20.5 Å². The van der Waals surface area contributed by atoms with E-state index in [0.29, 0.717) is 28.5 Å². The molecule has 0 radical (unpaired) electrons. The van der Waals surface area contributed by atoms with Gasteiger partial charge in [0.15, 0.2) is 12.4 Å². The fourth-order valence-corrected chi connectivity index (χ4v) is 3.18. The van der Waals surface area contributed by atoms with Gasteiger partial charge in [0, 0.05) is 17.0 Å². The van der Waals surface area contributed by atoms with Crippen molar-refractivity contribution in [3.63, 3.8) is 0 Å². The largest absolute Gasteiger partial charge is 0.496 e.